The highest BCUT2D eigenvalue weighted by molar-refractivity contribution is 5.92. The maximum absolute atomic E-state index is 11.6. The molecule has 0 saturated carbocycles. The lowest BCUT2D eigenvalue weighted by Crippen LogP contribution is -2.09. The number of hydrogen-bond donors (Lipinski definition) is 1. The first-order valence-corrected chi connectivity index (χ1v) is 18.1. The van der Waals surface area contributed by atoms with E-state index < -0.39 is 5.97 Å². The van der Waals surface area contributed by atoms with Gasteiger partial charge in [-0.25, -0.2) is 9.78 Å². The molecule has 2 aromatic heterocycles. The van der Waals surface area contributed by atoms with Crippen LogP contribution in [0.5, 0.6) is 5.75 Å². The molecule has 5 aromatic rings. The van der Waals surface area contributed by atoms with Crippen LogP contribution < -0.4 is 4.74 Å². The second-order valence-corrected chi connectivity index (χ2v) is 13.2. The predicted molar refractivity (Wildman–Crippen MR) is 205 cm³/mol. The van der Waals surface area contributed by atoms with E-state index in [-0.39, 0.29) is 5.56 Å². The van der Waals surface area contributed by atoms with Gasteiger partial charge in [-0.05, 0) is 97.3 Å². The summed E-state index contributed by atoms with van der Waals surface area (Å²) >= 11 is 0. The van der Waals surface area contributed by atoms with Gasteiger partial charge in [-0.3, -0.25) is 4.68 Å². The van der Waals surface area contributed by atoms with E-state index >= 15 is 0 Å². The first-order chi connectivity index (χ1) is 25.3. The van der Waals surface area contributed by atoms with E-state index in [2.05, 4.69) is 60.6 Å². The SMILES string of the molecule is C1COC1.CCC\C=C1/C=C\C=C(/C)OCc2ccc(-c3ccnn3C)cc2CCCOc2cc1ccc2Cc1nc2ccc(C(=O)O)cc2n1C. The Hall–Kier alpha value is -5.41. The average Bonchev–Trinajstić information content (AvgIpc) is 3.68. The lowest BCUT2D eigenvalue weighted by atomic mass is 9.98. The standard InChI is InChI=1S/C40H42N4O4.C3H6O/c1-5-6-10-28-11-7-9-27(2)48-26-34-16-14-31(36-19-20-41-44(36)4)22-29(34)12-8-21-47-38-24-30(28)13-15-32(38)25-39-42-35-18-17-33(40(45)46)23-37(35)43(39)3;1-2-4-3-1/h7,9-11,13-20,22-24H,5-6,8,12,21,25-26H2,1-4H3,(H,45,46);1-3H2/b11-7-,27-9+,28-10+;. The molecular weight excluding hydrogens is 652 g/mol. The molecule has 1 saturated heterocycles. The summed E-state index contributed by atoms with van der Waals surface area (Å²) in [7, 11) is 3.89. The number of aromatic carboxylic acids is 1. The number of fused-ring (bicyclic) bond motifs is 4. The van der Waals surface area contributed by atoms with E-state index in [1.54, 1.807) is 18.2 Å². The molecule has 9 nitrogen and oxygen atoms in total. The maximum atomic E-state index is 11.6. The van der Waals surface area contributed by atoms with Gasteiger partial charge in [-0.1, -0.05) is 55.8 Å². The van der Waals surface area contributed by atoms with Crippen LogP contribution in [0.25, 0.3) is 27.9 Å². The first kappa shape index (κ1) is 36.4. The molecule has 52 heavy (non-hydrogen) atoms. The summed E-state index contributed by atoms with van der Waals surface area (Å²) in [5.41, 5.74) is 9.61. The normalized spacial score (nSPS) is 17.1. The molecule has 0 unspecified atom stereocenters. The zero-order chi connectivity index (χ0) is 36.5. The van der Waals surface area contributed by atoms with Crippen molar-refractivity contribution in [3.05, 3.63) is 131 Å². The fourth-order valence-electron chi connectivity index (χ4n) is 6.23. The maximum Gasteiger partial charge on any atom is 0.335 e. The van der Waals surface area contributed by atoms with E-state index in [4.69, 9.17) is 19.2 Å². The number of nitrogens with zero attached hydrogens (tertiary/aromatic N) is 4. The molecule has 3 aromatic carbocycles. The number of carbonyl (C=O) groups is 1. The molecule has 2 aliphatic rings. The zero-order valence-corrected chi connectivity index (χ0v) is 30.6. The van der Waals surface area contributed by atoms with Gasteiger partial charge in [0.15, 0.2) is 0 Å². The summed E-state index contributed by atoms with van der Waals surface area (Å²) in [5.74, 6) is 1.57. The van der Waals surface area contributed by atoms with E-state index in [9.17, 15) is 9.90 Å². The minimum Gasteiger partial charge on any atom is -0.494 e. The van der Waals surface area contributed by atoms with Gasteiger partial charge in [0.05, 0.1) is 34.7 Å². The van der Waals surface area contributed by atoms with Crippen LogP contribution in [0.15, 0.2) is 96.9 Å². The highest BCUT2D eigenvalue weighted by Crippen LogP contribution is 2.30. The third-order valence-corrected chi connectivity index (χ3v) is 9.43. The van der Waals surface area contributed by atoms with Gasteiger partial charge in [0.25, 0.3) is 0 Å². The van der Waals surface area contributed by atoms with Gasteiger partial charge >= 0.3 is 5.97 Å². The zero-order valence-electron chi connectivity index (χ0n) is 30.6. The highest BCUT2D eigenvalue weighted by atomic mass is 16.5. The molecule has 2 aliphatic heterocycles. The Morgan fingerprint density at radius 3 is 2.48 bits per heavy atom. The summed E-state index contributed by atoms with van der Waals surface area (Å²) in [5, 5.41) is 13.9. The Labute approximate surface area is 305 Å². The van der Waals surface area contributed by atoms with Crippen molar-refractivity contribution in [1.82, 2.24) is 19.3 Å². The van der Waals surface area contributed by atoms with E-state index in [0.29, 0.717) is 19.6 Å². The molecule has 7 rings (SSSR count). The third-order valence-electron chi connectivity index (χ3n) is 9.43. The van der Waals surface area contributed by atoms with Crippen molar-refractivity contribution in [2.24, 2.45) is 14.1 Å². The molecule has 270 valence electrons. The summed E-state index contributed by atoms with van der Waals surface area (Å²) in [6, 6.07) is 20.0. The number of benzene rings is 3. The Kier molecular flexibility index (Phi) is 12.0. The molecule has 0 atom stereocenters. The van der Waals surface area contributed by atoms with Crippen molar-refractivity contribution < 1.29 is 24.1 Å². The van der Waals surface area contributed by atoms with Crippen molar-refractivity contribution in [2.75, 3.05) is 19.8 Å². The molecule has 1 fully saturated rings. The predicted octanol–water partition coefficient (Wildman–Crippen LogP) is 8.85. The van der Waals surface area contributed by atoms with Gasteiger partial charge in [0.1, 0.15) is 18.2 Å². The summed E-state index contributed by atoms with van der Waals surface area (Å²) in [6.07, 6.45) is 15.8. The number of carboxylic acids is 1. The Morgan fingerprint density at radius 1 is 0.942 bits per heavy atom. The van der Waals surface area contributed by atoms with Crippen LogP contribution in [0, 0.1) is 0 Å². The first-order valence-electron chi connectivity index (χ1n) is 18.1. The molecule has 4 heterocycles. The lowest BCUT2D eigenvalue weighted by molar-refractivity contribution is 0.0367. The summed E-state index contributed by atoms with van der Waals surface area (Å²) < 4.78 is 21.4. The van der Waals surface area contributed by atoms with Crippen LogP contribution in [0.4, 0.5) is 0 Å². The number of hydrogen-bond acceptors (Lipinski definition) is 6. The molecule has 0 spiro atoms. The van der Waals surface area contributed by atoms with Gasteiger partial charge in [0.2, 0.25) is 0 Å². The number of imidazole rings is 1. The third kappa shape index (κ3) is 8.90. The Morgan fingerprint density at radius 2 is 1.75 bits per heavy atom. The Balaban J connectivity index is 0.00000109. The van der Waals surface area contributed by atoms with Crippen LogP contribution in [0.2, 0.25) is 0 Å². The Bertz CT molecular complexity index is 2110. The number of aromatic nitrogens is 4. The summed E-state index contributed by atoms with van der Waals surface area (Å²) in [6.45, 7) is 7.21. The van der Waals surface area contributed by atoms with Crippen LogP contribution >= 0.6 is 0 Å². The number of unbranched alkanes of at least 4 members (excludes halogenated alkanes) is 1. The van der Waals surface area contributed by atoms with E-state index in [1.165, 1.54) is 12.0 Å². The smallest absolute Gasteiger partial charge is 0.335 e. The quantitative estimate of drug-likeness (QED) is 0.189. The number of aryl methyl sites for hydroxylation is 3. The average molecular weight is 701 g/mol. The molecular formula is C43H48N4O5. The van der Waals surface area contributed by atoms with Crippen LogP contribution in [0.3, 0.4) is 0 Å². The molecule has 0 radical (unpaired) electrons. The molecule has 0 amide bonds. The van der Waals surface area contributed by atoms with Gasteiger partial charge in [0, 0.05) is 51.1 Å². The number of ether oxygens (including phenoxy) is 3. The summed E-state index contributed by atoms with van der Waals surface area (Å²) in [4.78, 5) is 16.5. The van der Waals surface area contributed by atoms with Gasteiger partial charge in [-0.2, -0.15) is 5.10 Å². The molecule has 0 aliphatic carbocycles. The van der Waals surface area contributed by atoms with Crippen molar-refractivity contribution in [3.63, 3.8) is 0 Å². The van der Waals surface area contributed by atoms with Crippen LogP contribution in [-0.4, -0.2) is 50.2 Å². The topological polar surface area (TPSA) is 101 Å². The number of rotatable bonds is 6. The van der Waals surface area contributed by atoms with E-state index in [1.807, 2.05) is 54.7 Å². The second-order valence-electron chi connectivity index (χ2n) is 13.2. The minimum atomic E-state index is -0.952. The number of allylic oxidation sites excluding steroid dienone is 6. The fraction of sp³-hybridized carbons (Fsp3) is 0.326. The lowest BCUT2D eigenvalue weighted by Gasteiger charge is -2.16. The second kappa shape index (κ2) is 17.2. The molecule has 9 heteroatoms. The fourth-order valence-corrected chi connectivity index (χ4v) is 6.23. The number of carboxylic acid groups (broad SMARTS) is 1. The largest absolute Gasteiger partial charge is 0.494 e. The van der Waals surface area contributed by atoms with Crippen LogP contribution in [-0.2, 0) is 43.0 Å². The van der Waals surface area contributed by atoms with Gasteiger partial charge in [-0.15, -0.1) is 0 Å². The molecule has 1 N–H and O–H groups in total. The van der Waals surface area contributed by atoms with E-state index in [0.717, 1.165) is 101 Å². The van der Waals surface area contributed by atoms with Crippen molar-refractivity contribution >= 4 is 22.6 Å². The molecule has 2 bridgehead atoms. The monoisotopic (exact) mass is 700 g/mol. The van der Waals surface area contributed by atoms with Crippen molar-refractivity contribution in [3.8, 4) is 17.0 Å². The van der Waals surface area contributed by atoms with Gasteiger partial charge < -0.3 is 23.9 Å². The minimum absolute atomic E-state index is 0.246. The van der Waals surface area contributed by atoms with Crippen molar-refractivity contribution in [2.45, 2.75) is 59.0 Å². The van der Waals surface area contributed by atoms with Crippen molar-refractivity contribution in [1.29, 1.82) is 0 Å². The highest BCUT2D eigenvalue weighted by Gasteiger charge is 2.16. The van der Waals surface area contributed by atoms with Crippen LogP contribution in [0.1, 0.15) is 78.0 Å².